The van der Waals surface area contributed by atoms with Crippen molar-refractivity contribution in [2.24, 2.45) is 0 Å². The van der Waals surface area contributed by atoms with Crippen LogP contribution in [-0.4, -0.2) is 19.6 Å². The van der Waals surface area contributed by atoms with Crippen LogP contribution in [0.25, 0.3) is 4.96 Å². The molecule has 0 atom stereocenters. The number of aromatic nitrogens is 4. The molecule has 2 heterocycles. The van der Waals surface area contributed by atoms with Crippen molar-refractivity contribution in [1.29, 1.82) is 0 Å². The first kappa shape index (κ1) is 6.23. The zero-order valence-electron chi connectivity index (χ0n) is 5.14. The zero-order chi connectivity index (χ0) is 7.84. The Hall–Kier alpha value is -1.50. The molecule has 11 heavy (non-hydrogen) atoms. The quantitative estimate of drug-likeness (QED) is 0.540. The van der Waals surface area contributed by atoms with E-state index in [-0.39, 0.29) is 0 Å². The van der Waals surface area contributed by atoms with E-state index in [1.807, 2.05) is 4.98 Å². The molecule has 2 rings (SSSR count). The van der Waals surface area contributed by atoms with Crippen molar-refractivity contribution in [2.45, 2.75) is 0 Å². The fraction of sp³-hybridized carbons (Fsp3) is 0. The van der Waals surface area contributed by atoms with Crippen molar-refractivity contribution >= 4 is 16.3 Å². The molecule has 0 saturated heterocycles. The second kappa shape index (κ2) is 1.99. The van der Waals surface area contributed by atoms with Gasteiger partial charge in [-0.15, -0.1) is 0 Å². The molecule has 0 radical (unpaired) electrons. The molecule has 6 nitrogen and oxygen atoms in total. The Balaban J connectivity index is 3.15. The molecule has 0 unspecified atom stereocenters. The number of fused-ring (bicyclic) bond motifs is 1. The summed E-state index contributed by atoms with van der Waals surface area (Å²) < 4.78 is 1.03. The molecule has 2 aromatic heterocycles. The largest absolute Gasteiger partial charge is 0.352 e. The molecule has 0 fully saturated rings. The van der Waals surface area contributed by atoms with E-state index in [4.69, 9.17) is 0 Å². The van der Waals surface area contributed by atoms with Crippen LogP contribution in [0, 0.1) is 0 Å². The van der Waals surface area contributed by atoms with Gasteiger partial charge < -0.3 is 0 Å². The molecule has 0 bridgehead atoms. The highest BCUT2D eigenvalue weighted by Crippen LogP contribution is 1.97. The Kier molecular flexibility index (Phi) is 1.13. The van der Waals surface area contributed by atoms with Crippen molar-refractivity contribution in [2.75, 3.05) is 0 Å². The van der Waals surface area contributed by atoms with E-state index < -0.39 is 11.4 Å². The van der Waals surface area contributed by atoms with E-state index in [1.165, 1.54) is 5.51 Å². The van der Waals surface area contributed by atoms with Crippen molar-refractivity contribution in [3.05, 3.63) is 26.5 Å². The van der Waals surface area contributed by atoms with Crippen LogP contribution >= 0.6 is 11.3 Å². The monoisotopic (exact) mass is 170 g/mol. The van der Waals surface area contributed by atoms with E-state index in [2.05, 4.69) is 10.1 Å². The summed E-state index contributed by atoms with van der Waals surface area (Å²) in [4.78, 5) is 27.3. The number of hydrogen-bond donors (Lipinski definition) is 1. The van der Waals surface area contributed by atoms with E-state index in [0.29, 0.717) is 4.96 Å². The third-order valence-corrected chi connectivity index (χ3v) is 1.78. The van der Waals surface area contributed by atoms with Gasteiger partial charge in [0.15, 0.2) is 0 Å². The van der Waals surface area contributed by atoms with Crippen LogP contribution in [0.4, 0.5) is 0 Å². The fourth-order valence-electron chi connectivity index (χ4n) is 0.689. The van der Waals surface area contributed by atoms with Gasteiger partial charge in [-0.3, -0.25) is 4.98 Å². The zero-order valence-corrected chi connectivity index (χ0v) is 5.96. The van der Waals surface area contributed by atoms with Gasteiger partial charge in [0.2, 0.25) is 4.96 Å². The molecular weight excluding hydrogens is 168 g/mol. The maximum Gasteiger partial charge on any atom is 0.352 e. The first-order valence-electron chi connectivity index (χ1n) is 2.70. The molecule has 56 valence electrons. The second-order valence-corrected chi connectivity index (χ2v) is 2.59. The minimum absolute atomic E-state index is 0.304. The van der Waals surface area contributed by atoms with Gasteiger partial charge >= 0.3 is 11.4 Å². The first-order chi connectivity index (χ1) is 5.27. The van der Waals surface area contributed by atoms with Crippen LogP contribution in [0.2, 0.25) is 0 Å². The predicted molar refractivity (Wildman–Crippen MR) is 37.8 cm³/mol. The Morgan fingerprint density at radius 2 is 2.36 bits per heavy atom. The summed E-state index contributed by atoms with van der Waals surface area (Å²) >= 11 is 1.14. The van der Waals surface area contributed by atoms with Crippen LogP contribution in [0.5, 0.6) is 0 Å². The molecule has 2 aromatic rings. The summed E-state index contributed by atoms with van der Waals surface area (Å²) in [6, 6.07) is 0. The average molecular weight is 170 g/mol. The van der Waals surface area contributed by atoms with E-state index in [1.54, 1.807) is 0 Å². The molecule has 0 aliphatic heterocycles. The van der Waals surface area contributed by atoms with Gasteiger partial charge in [0, 0.05) is 0 Å². The third-order valence-electron chi connectivity index (χ3n) is 1.11. The second-order valence-electron chi connectivity index (χ2n) is 1.78. The number of H-pyrrole nitrogens is 1. The summed E-state index contributed by atoms with van der Waals surface area (Å²) in [5.41, 5.74) is 0.248. The van der Waals surface area contributed by atoms with Gasteiger partial charge in [0.1, 0.15) is 5.51 Å². The smallest absolute Gasteiger partial charge is 0.256 e. The summed E-state index contributed by atoms with van der Waals surface area (Å²) in [7, 11) is 0. The minimum Gasteiger partial charge on any atom is -0.256 e. The lowest BCUT2D eigenvalue weighted by molar-refractivity contribution is 0.822. The van der Waals surface area contributed by atoms with Gasteiger partial charge in [-0.2, -0.15) is 14.6 Å². The maximum absolute atomic E-state index is 10.9. The molecule has 1 N–H and O–H groups in total. The van der Waals surface area contributed by atoms with Gasteiger partial charge in [-0.05, 0) is 0 Å². The van der Waals surface area contributed by atoms with E-state index in [9.17, 15) is 9.59 Å². The Morgan fingerprint density at radius 1 is 1.55 bits per heavy atom. The third kappa shape index (κ3) is 0.855. The Bertz CT molecular complexity index is 494. The van der Waals surface area contributed by atoms with Gasteiger partial charge in [-0.25, -0.2) is 9.59 Å². The highest BCUT2D eigenvalue weighted by atomic mass is 32.1. The molecular formula is C4H2N4O2S. The normalized spacial score (nSPS) is 10.5. The van der Waals surface area contributed by atoms with Crippen molar-refractivity contribution < 1.29 is 0 Å². The first-order valence-corrected chi connectivity index (χ1v) is 3.58. The highest BCUT2D eigenvalue weighted by Gasteiger charge is 1.99. The number of nitrogens with zero attached hydrogens (tertiary/aromatic N) is 3. The summed E-state index contributed by atoms with van der Waals surface area (Å²) in [6.45, 7) is 0. The number of rotatable bonds is 0. The van der Waals surface area contributed by atoms with Gasteiger partial charge in [0.05, 0.1) is 0 Å². The average Bonchev–Trinajstić information content (AvgIpc) is 2.34. The van der Waals surface area contributed by atoms with E-state index >= 15 is 0 Å². The topological polar surface area (TPSA) is 80.1 Å². The minimum atomic E-state index is -0.640. The number of hydrogen-bond acceptors (Lipinski definition) is 5. The van der Waals surface area contributed by atoms with Crippen LogP contribution < -0.4 is 11.4 Å². The van der Waals surface area contributed by atoms with Crippen molar-refractivity contribution in [1.82, 2.24) is 19.6 Å². The molecule has 7 heteroatoms. The number of nitrogens with one attached hydrogen (secondary N) is 1. The van der Waals surface area contributed by atoms with Crippen molar-refractivity contribution in [3.63, 3.8) is 0 Å². The maximum atomic E-state index is 10.9. The number of aromatic amines is 1. The molecule has 0 spiro atoms. The standard InChI is InChI=1S/C4H2N4O2S/c9-2-6-3(10)8-4(7-2)11-1-5-8/h1H,(H,6,9,10). The van der Waals surface area contributed by atoms with Crippen LogP contribution in [0.15, 0.2) is 15.1 Å². The van der Waals surface area contributed by atoms with Gasteiger partial charge in [0.25, 0.3) is 0 Å². The van der Waals surface area contributed by atoms with E-state index in [0.717, 1.165) is 15.9 Å². The van der Waals surface area contributed by atoms with Crippen LogP contribution in [-0.2, 0) is 0 Å². The molecule has 0 aliphatic carbocycles. The summed E-state index contributed by atoms with van der Waals surface area (Å²) in [6.07, 6.45) is 0. The molecule has 0 aliphatic rings. The Labute approximate surface area is 63.2 Å². The molecule has 0 aromatic carbocycles. The molecule has 0 saturated carbocycles. The molecule has 0 amide bonds. The summed E-state index contributed by atoms with van der Waals surface area (Å²) in [5.74, 6) is 0. The van der Waals surface area contributed by atoms with Gasteiger partial charge in [-0.1, -0.05) is 11.3 Å². The Morgan fingerprint density at radius 3 is 3.18 bits per heavy atom. The lowest BCUT2D eigenvalue weighted by Crippen LogP contribution is -2.27. The van der Waals surface area contributed by atoms with Crippen molar-refractivity contribution in [3.8, 4) is 0 Å². The highest BCUT2D eigenvalue weighted by molar-refractivity contribution is 7.14. The lowest BCUT2D eigenvalue weighted by atomic mass is 11.0. The predicted octanol–water partition coefficient (Wildman–Crippen LogP) is -1.16. The fourth-order valence-corrected chi connectivity index (χ4v) is 1.29. The summed E-state index contributed by atoms with van der Waals surface area (Å²) in [5, 5.41) is 3.65. The lowest BCUT2D eigenvalue weighted by Gasteiger charge is -1.83. The van der Waals surface area contributed by atoms with Crippen LogP contribution in [0.3, 0.4) is 0 Å². The SMILES string of the molecule is O=c1nc2scnn2c(=O)[nH]1. The van der Waals surface area contributed by atoms with Crippen LogP contribution in [0.1, 0.15) is 0 Å².